The zero-order valence-electron chi connectivity index (χ0n) is 10.4. The van der Waals surface area contributed by atoms with Gasteiger partial charge in [0.1, 0.15) is 0 Å². The molecule has 0 amide bonds. The Labute approximate surface area is 96.7 Å². The quantitative estimate of drug-likeness (QED) is 0.435. The molecule has 0 aliphatic rings. The van der Waals surface area contributed by atoms with Crippen LogP contribution in [0.5, 0.6) is 0 Å². The average Bonchev–Trinajstić information content (AvgIpc) is 2.17. The summed E-state index contributed by atoms with van der Waals surface area (Å²) in [5, 5.41) is 1.46. The van der Waals surface area contributed by atoms with Crippen LogP contribution in [0.1, 0.15) is 66.2 Å². The standard InChI is InChI=1S/C13H26Se/c1-5-8-11-14-13(10-7-3)12(4)9-6-2/h5-11H2,1-4H3/b13-12+. The van der Waals surface area contributed by atoms with Crippen molar-refractivity contribution >= 4 is 15.0 Å². The summed E-state index contributed by atoms with van der Waals surface area (Å²) in [5.41, 5.74) is 1.70. The molecule has 0 spiro atoms. The van der Waals surface area contributed by atoms with E-state index in [1.165, 1.54) is 43.8 Å². The Morgan fingerprint density at radius 2 is 1.57 bits per heavy atom. The summed E-state index contributed by atoms with van der Waals surface area (Å²) < 4.78 is 1.82. The zero-order chi connectivity index (χ0) is 10.8. The fraction of sp³-hybridized carbons (Fsp3) is 0.846. The van der Waals surface area contributed by atoms with E-state index in [-0.39, 0.29) is 0 Å². The third kappa shape index (κ3) is 6.67. The van der Waals surface area contributed by atoms with E-state index in [0.717, 1.165) is 15.0 Å². The molecule has 0 aromatic carbocycles. The van der Waals surface area contributed by atoms with Crippen LogP contribution < -0.4 is 0 Å². The molecule has 0 aliphatic heterocycles. The van der Waals surface area contributed by atoms with Gasteiger partial charge in [-0.2, -0.15) is 0 Å². The van der Waals surface area contributed by atoms with Crippen LogP contribution in [-0.2, 0) is 0 Å². The minimum atomic E-state index is 0.797. The van der Waals surface area contributed by atoms with Gasteiger partial charge >= 0.3 is 96.5 Å². The van der Waals surface area contributed by atoms with Gasteiger partial charge in [0.25, 0.3) is 0 Å². The van der Waals surface area contributed by atoms with E-state index in [4.69, 9.17) is 0 Å². The molecule has 14 heavy (non-hydrogen) atoms. The van der Waals surface area contributed by atoms with Gasteiger partial charge in [-0.1, -0.05) is 0 Å². The van der Waals surface area contributed by atoms with E-state index in [9.17, 15) is 0 Å². The first-order valence-corrected chi connectivity index (χ1v) is 8.14. The Hall–Kier alpha value is 0.259. The molecule has 0 fully saturated rings. The summed E-state index contributed by atoms with van der Waals surface area (Å²) in [6, 6.07) is 0. The van der Waals surface area contributed by atoms with Crippen LogP contribution in [0.3, 0.4) is 0 Å². The first-order valence-electron chi connectivity index (χ1n) is 6.07. The zero-order valence-corrected chi connectivity index (χ0v) is 12.1. The van der Waals surface area contributed by atoms with Crippen LogP contribution in [0.2, 0.25) is 5.32 Å². The molecule has 0 aromatic rings. The van der Waals surface area contributed by atoms with Crippen molar-refractivity contribution in [2.45, 2.75) is 71.5 Å². The van der Waals surface area contributed by atoms with Crippen molar-refractivity contribution in [3.63, 3.8) is 0 Å². The van der Waals surface area contributed by atoms with E-state index in [1.807, 2.05) is 4.47 Å². The van der Waals surface area contributed by atoms with E-state index < -0.39 is 0 Å². The van der Waals surface area contributed by atoms with E-state index in [0.29, 0.717) is 0 Å². The molecule has 84 valence electrons. The number of hydrogen-bond donors (Lipinski definition) is 0. The molecule has 0 aliphatic carbocycles. The van der Waals surface area contributed by atoms with Gasteiger partial charge in [-0.15, -0.1) is 0 Å². The van der Waals surface area contributed by atoms with Crippen LogP contribution in [0, 0.1) is 0 Å². The summed E-state index contributed by atoms with van der Waals surface area (Å²) >= 11 is 0.797. The third-order valence-electron chi connectivity index (χ3n) is 2.35. The first kappa shape index (κ1) is 14.3. The van der Waals surface area contributed by atoms with Gasteiger partial charge < -0.3 is 0 Å². The SMILES string of the molecule is CCCC[Se]/C(CCC)=C(\C)CCC. The summed E-state index contributed by atoms with van der Waals surface area (Å²) in [4.78, 5) is 0. The van der Waals surface area contributed by atoms with Gasteiger partial charge in [0.15, 0.2) is 0 Å². The van der Waals surface area contributed by atoms with Crippen molar-refractivity contribution in [2.75, 3.05) is 0 Å². The van der Waals surface area contributed by atoms with Crippen molar-refractivity contribution in [1.82, 2.24) is 0 Å². The summed E-state index contributed by atoms with van der Waals surface area (Å²) in [6.45, 7) is 9.22. The van der Waals surface area contributed by atoms with Gasteiger partial charge in [-0.05, 0) is 0 Å². The van der Waals surface area contributed by atoms with Crippen LogP contribution in [-0.4, -0.2) is 15.0 Å². The van der Waals surface area contributed by atoms with E-state index in [1.54, 1.807) is 5.57 Å². The van der Waals surface area contributed by atoms with E-state index in [2.05, 4.69) is 27.7 Å². The van der Waals surface area contributed by atoms with Crippen molar-refractivity contribution < 1.29 is 0 Å². The first-order chi connectivity index (χ1) is 6.76. The van der Waals surface area contributed by atoms with Crippen LogP contribution in [0.4, 0.5) is 0 Å². The topological polar surface area (TPSA) is 0 Å². The molecular formula is C13H26Se. The van der Waals surface area contributed by atoms with Crippen molar-refractivity contribution in [2.24, 2.45) is 0 Å². The Balaban J connectivity index is 4.04. The van der Waals surface area contributed by atoms with Gasteiger partial charge in [0.2, 0.25) is 0 Å². The third-order valence-corrected chi connectivity index (χ3v) is 5.28. The van der Waals surface area contributed by atoms with Crippen LogP contribution in [0.15, 0.2) is 10.0 Å². The molecule has 0 bridgehead atoms. The second kappa shape index (κ2) is 9.80. The predicted molar refractivity (Wildman–Crippen MR) is 68.0 cm³/mol. The average molecular weight is 261 g/mol. The van der Waals surface area contributed by atoms with E-state index >= 15 is 0 Å². The molecule has 0 rings (SSSR count). The molecule has 0 aromatic heterocycles. The maximum atomic E-state index is 2.35. The van der Waals surface area contributed by atoms with Gasteiger partial charge in [-0.25, -0.2) is 0 Å². The Kier molecular flexibility index (Phi) is 9.98. The van der Waals surface area contributed by atoms with Gasteiger partial charge in [-0.3, -0.25) is 0 Å². The number of allylic oxidation sites excluding steroid dienone is 2. The van der Waals surface area contributed by atoms with Crippen molar-refractivity contribution in [1.29, 1.82) is 0 Å². The molecule has 0 radical (unpaired) electrons. The van der Waals surface area contributed by atoms with Crippen LogP contribution >= 0.6 is 0 Å². The molecule has 0 saturated heterocycles. The molecular weight excluding hydrogens is 235 g/mol. The number of hydrogen-bond acceptors (Lipinski definition) is 0. The Bertz CT molecular complexity index is 159. The van der Waals surface area contributed by atoms with Gasteiger partial charge in [0, 0.05) is 0 Å². The fourth-order valence-electron chi connectivity index (χ4n) is 1.49. The maximum absolute atomic E-state index is 2.35. The predicted octanol–water partition coefficient (Wildman–Crippen LogP) is 4.78. The normalized spacial score (nSPS) is 12.9. The van der Waals surface area contributed by atoms with Crippen molar-refractivity contribution in [3.05, 3.63) is 10.0 Å². The van der Waals surface area contributed by atoms with Gasteiger partial charge in [0.05, 0.1) is 0 Å². The Morgan fingerprint density at radius 3 is 2.07 bits per heavy atom. The van der Waals surface area contributed by atoms with Crippen LogP contribution in [0.25, 0.3) is 0 Å². The molecule has 0 nitrogen and oxygen atoms in total. The second-order valence-electron chi connectivity index (χ2n) is 3.91. The Morgan fingerprint density at radius 1 is 0.929 bits per heavy atom. The van der Waals surface area contributed by atoms with Crippen molar-refractivity contribution in [3.8, 4) is 0 Å². The number of rotatable bonds is 8. The summed E-state index contributed by atoms with van der Waals surface area (Å²) in [6.07, 6.45) is 8.09. The molecule has 0 atom stereocenters. The monoisotopic (exact) mass is 262 g/mol. The fourth-order valence-corrected chi connectivity index (χ4v) is 4.38. The summed E-state index contributed by atoms with van der Waals surface area (Å²) in [5.74, 6) is 0. The molecule has 0 N–H and O–H groups in total. The summed E-state index contributed by atoms with van der Waals surface area (Å²) in [7, 11) is 0. The molecule has 0 unspecified atom stereocenters. The molecule has 1 heteroatoms. The molecule has 0 heterocycles. The minimum absolute atomic E-state index is 0.797. The second-order valence-corrected chi connectivity index (χ2v) is 6.40. The molecule has 0 saturated carbocycles. The number of unbranched alkanes of at least 4 members (excludes halogenated alkanes) is 1.